The SMILES string of the molecule is CCN(CC)S(=O)(=O)c1ccc(NN=Cc2sc(N3CCOCC3)nc2-c2ccccc2)c([N+](=O)[O-])c1. The summed E-state index contributed by atoms with van der Waals surface area (Å²) in [5, 5.41) is 16.8. The largest absolute Gasteiger partial charge is 0.378 e. The Morgan fingerprint density at radius 1 is 1.19 bits per heavy atom. The Labute approximate surface area is 219 Å². The number of morpholine rings is 1. The number of hydrazone groups is 1. The van der Waals surface area contributed by atoms with Crippen molar-refractivity contribution in [1.82, 2.24) is 9.29 Å². The van der Waals surface area contributed by atoms with E-state index in [1.54, 1.807) is 20.1 Å². The molecule has 4 rings (SSSR count). The molecule has 1 aliphatic rings. The molecule has 2 heterocycles. The van der Waals surface area contributed by atoms with E-state index in [0.717, 1.165) is 40.4 Å². The van der Waals surface area contributed by atoms with E-state index in [4.69, 9.17) is 9.72 Å². The van der Waals surface area contributed by atoms with Crippen LogP contribution in [0, 0.1) is 10.1 Å². The molecule has 0 spiro atoms. The average molecular weight is 545 g/mol. The van der Waals surface area contributed by atoms with Crippen molar-refractivity contribution in [3.8, 4) is 11.3 Å². The summed E-state index contributed by atoms with van der Waals surface area (Å²) in [4.78, 5) is 18.8. The number of nitro benzene ring substituents is 1. The summed E-state index contributed by atoms with van der Waals surface area (Å²) in [5.41, 5.74) is 4.10. The molecule has 2 aromatic carbocycles. The van der Waals surface area contributed by atoms with Crippen LogP contribution in [0.15, 0.2) is 58.5 Å². The lowest BCUT2D eigenvalue weighted by atomic mass is 10.1. The Morgan fingerprint density at radius 3 is 2.54 bits per heavy atom. The van der Waals surface area contributed by atoms with Gasteiger partial charge in [0.1, 0.15) is 5.69 Å². The highest BCUT2D eigenvalue weighted by atomic mass is 32.2. The maximum absolute atomic E-state index is 12.8. The topological polar surface area (TPSA) is 130 Å². The number of nitro groups is 1. The molecule has 11 nitrogen and oxygen atoms in total. The van der Waals surface area contributed by atoms with Crippen LogP contribution in [0.5, 0.6) is 0 Å². The first-order valence-corrected chi connectivity index (χ1v) is 14.1. The number of benzene rings is 2. The standard InChI is InChI=1S/C24H28N6O5S2/c1-3-29(4-2)37(33,34)19-10-11-20(21(16-19)30(31)32)27-25-17-22-23(18-8-6-5-7-9-18)26-24(36-22)28-12-14-35-15-13-28/h5-11,16-17,27H,3-4,12-15H2,1-2H3. The van der Waals surface area contributed by atoms with Gasteiger partial charge in [0.15, 0.2) is 5.13 Å². The molecule has 0 atom stereocenters. The van der Waals surface area contributed by atoms with Crippen molar-refractivity contribution in [3.05, 3.63) is 63.5 Å². The van der Waals surface area contributed by atoms with Gasteiger partial charge in [-0.25, -0.2) is 13.4 Å². The van der Waals surface area contributed by atoms with E-state index in [-0.39, 0.29) is 29.4 Å². The molecule has 0 amide bonds. The number of sulfonamides is 1. The van der Waals surface area contributed by atoms with Crippen LogP contribution in [0.2, 0.25) is 0 Å². The van der Waals surface area contributed by atoms with Crippen molar-refractivity contribution >= 4 is 44.1 Å². The van der Waals surface area contributed by atoms with Gasteiger partial charge in [0.25, 0.3) is 5.69 Å². The molecule has 0 unspecified atom stereocenters. The van der Waals surface area contributed by atoms with E-state index in [0.29, 0.717) is 13.2 Å². The smallest absolute Gasteiger partial charge is 0.295 e. The molecule has 3 aromatic rings. The van der Waals surface area contributed by atoms with Gasteiger partial charge in [-0.1, -0.05) is 55.5 Å². The highest BCUT2D eigenvalue weighted by Crippen LogP contribution is 2.33. The Bertz CT molecular complexity index is 1370. The van der Waals surface area contributed by atoms with Crippen LogP contribution in [0.25, 0.3) is 11.3 Å². The Hall–Kier alpha value is -3.39. The van der Waals surface area contributed by atoms with Gasteiger partial charge in [0.2, 0.25) is 10.0 Å². The first-order chi connectivity index (χ1) is 17.8. The van der Waals surface area contributed by atoms with Gasteiger partial charge < -0.3 is 9.64 Å². The molecule has 13 heteroatoms. The van der Waals surface area contributed by atoms with Gasteiger partial charge in [0.05, 0.1) is 39.8 Å². The van der Waals surface area contributed by atoms with E-state index in [1.807, 2.05) is 30.3 Å². The lowest BCUT2D eigenvalue weighted by Crippen LogP contribution is -2.36. The van der Waals surface area contributed by atoms with E-state index in [1.165, 1.54) is 27.8 Å². The molecule has 0 saturated carbocycles. The number of anilines is 2. The zero-order chi connectivity index (χ0) is 26.4. The van der Waals surface area contributed by atoms with Gasteiger partial charge >= 0.3 is 0 Å². The molecule has 0 bridgehead atoms. The molecule has 1 aliphatic heterocycles. The molecular formula is C24H28N6O5S2. The molecule has 1 aromatic heterocycles. The minimum Gasteiger partial charge on any atom is -0.378 e. The molecule has 1 fully saturated rings. The van der Waals surface area contributed by atoms with Crippen molar-refractivity contribution in [3.63, 3.8) is 0 Å². The summed E-state index contributed by atoms with van der Waals surface area (Å²) in [6, 6.07) is 13.5. The number of hydrogen-bond acceptors (Lipinski definition) is 10. The summed E-state index contributed by atoms with van der Waals surface area (Å²) >= 11 is 1.47. The number of hydrogen-bond donors (Lipinski definition) is 1. The molecule has 0 aliphatic carbocycles. The lowest BCUT2D eigenvalue weighted by Gasteiger charge is -2.26. The Morgan fingerprint density at radius 2 is 1.89 bits per heavy atom. The van der Waals surface area contributed by atoms with Crippen molar-refractivity contribution < 1.29 is 18.1 Å². The number of ether oxygens (including phenoxy) is 1. The fourth-order valence-corrected chi connectivity index (χ4v) is 6.38. The second-order valence-corrected chi connectivity index (χ2v) is 11.0. The fourth-order valence-electron chi connectivity index (χ4n) is 3.89. The normalized spacial score (nSPS) is 14.4. The minimum absolute atomic E-state index is 0.0823. The van der Waals surface area contributed by atoms with Crippen molar-refractivity contribution in [1.29, 1.82) is 0 Å². The molecule has 1 saturated heterocycles. The van der Waals surface area contributed by atoms with Crippen LogP contribution in [0.3, 0.4) is 0 Å². The van der Waals surface area contributed by atoms with E-state index >= 15 is 0 Å². The molecular weight excluding hydrogens is 516 g/mol. The summed E-state index contributed by atoms with van der Waals surface area (Å²) in [6.07, 6.45) is 1.58. The van der Waals surface area contributed by atoms with E-state index in [9.17, 15) is 18.5 Å². The fraction of sp³-hybridized carbons (Fsp3) is 0.333. The average Bonchev–Trinajstić information content (AvgIpc) is 3.34. The highest BCUT2D eigenvalue weighted by molar-refractivity contribution is 7.89. The number of thiazole rings is 1. The number of rotatable bonds is 10. The van der Waals surface area contributed by atoms with Crippen molar-refractivity contribution in [2.45, 2.75) is 18.7 Å². The van der Waals surface area contributed by atoms with E-state index in [2.05, 4.69) is 15.4 Å². The summed E-state index contributed by atoms with van der Waals surface area (Å²) in [5.74, 6) is 0. The maximum Gasteiger partial charge on any atom is 0.295 e. The van der Waals surface area contributed by atoms with Gasteiger partial charge in [-0.15, -0.1) is 0 Å². The Kier molecular flexibility index (Phi) is 8.48. The predicted molar refractivity (Wildman–Crippen MR) is 145 cm³/mol. The number of aromatic nitrogens is 1. The summed E-state index contributed by atoms with van der Waals surface area (Å²) < 4.78 is 32.3. The second kappa shape index (κ2) is 11.8. The van der Waals surface area contributed by atoms with Crippen LogP contribution in [0.4, 0.5) is 16.5 Å². The summed E-state index contributed by atoms with van der Waals surface area (Å²) in [7, 11) is -3.84. The lowest BCUT2D eigenvalue weighted by molar-refractivity contribution is -0.384. The third kappa shape index (κ3) is 5.96. The maximum atomic E-state index is 12.8. The third-order valence-corrected chi connectivity index (χ3v) is 8.94. The first kappa shape index (κ1) is 26.7. The quantitative estimate of drug-likeness (QED) is 0.230. The van der Waals surface area contributed by atoms with Gasteiger partial charge in [0, 0.05) is 37.8 Å². The molecule has 196 valence electrons. The predicted octanol–water partition coefficient (Wildman–Crippen LogP) is 4.03. The van der Waals surface area contributed by atoms with Crippen LogP contribution < -0.4 is 10.3 Å². The molecule has 1 N–H and O–H groups in total. The first-order valence-electron chi connectivity index (χ1n) is 11.8. The van der Waals surface area contributed by atoms with E-state index < -0.39 is 14.9 Å². The highest BCUT2D eigenvalue weighted by Gasteiger charge is 2.26. The molecule has 37 heavy (non-hydrogen) atoms. The van der Waals surface area contributed by atoms with Crippen molar-refractivity contribution in [2.75, 3.05) is 49.7 Å². The van der Waals surface area contributed by atoms with Gasteiger partial charge in [-0.3, -0.25) is 15.5 Å². The van der Waals surface area contributed by atoms with Crippen LogP contribution in [-0.2, 0) is 14.8 Å². The van der Waals surface area contributed by atoms with Crippen LogP contribution in [-0.4, -0.2) is 68.2 Å². The zero-order valence-corrected chi connectivity index (χ0v) is 22.2. The molecule has 0 radical (unpaired) electrons. The second-order valence-electron chi connectivity index (χ2n) is 8.07. The Balaban J connectivity index is 1.63. The number of nitrogens with one attached hydrogen (secondary N) is 1. The zero-order valence-electron chi connectivity index (χ0n) is 20.5. The summed E-state index contributed by atoms with van der Waals surface area (Å²) in [6.45, 7) is 6.71. The van der Waals surface area contributed by atoms with Crippen LogP contribution >= 0.6 is 11.3 Å². The van der Waals surface area contributed by atoms with Crippen molar-refractivity contribution in [2.24, 2.45) is 5.10 Å². The monoisotopic (exact) mass is 544 g/mol. The number of nitrogens with zero attached hydrogens (tertiary/aromatic N) is 5. The van der Waals surface area contributed by atoms with Gasteiger partial charge in [-0.05, 0) is 12.1 Å². The third-order valence-electron chi connectivity index (χ3n) is 5.85. The van der Waals surface area contributed by atoms with Gasteiger partial charge in [-0.2, -0.15) is 9.41 Å². The van der Waals surface area contributed by atoms with Crippen LogP contribution in [0.1, 0.15) is 18.7 Å². The minimum atomic E-state index is -3.84.